The van der Waals surface area contributed by atoms with Gasteiger partial charge in [0.2, 0.25) is 10.0 Å². The number of primary sulfonamides is 1. The van der Waals surface area contributed by atoms with Crippen LogP contribution in [0.5, 0.6) is 0 Å². The van der Waals surface area contributed by atoms with E-state index in [9.17, 15) is 17.6 Å². The molecule has 98 valence electrons. The summed E-state index contributed by atoms with van der Waals surface area (Å²) in [5.41, 5.74) is 0.0147. The van der Waals surface area contributed by atoms with E-state index in [4.69, 9.17) is 5.14 Å². The van der Waals surface area contributed by atoms with Gasteiger partial charge in [0.1, 0.15) is 5.82 Å². The Hall–Kier alpha value is -1.47. The molecule has 0 spiro atoms. The highest BCUT2D eigenvalue weighted by atomic mass is 32.2. The smallest absolute Gasteiger partial charge is 0.253 e. The molecule has 2 N–H and O–H groups in total. The topological polar surface area (TPSA) is 80.5 Å². The second-order valence-corrected chi connectivity index (χ2v) is 5.78. The zero-order valence-corrected chi connectivity index (χ0v) is 10.4. The summed E-state index contributed by atoms with van der Waals surface area (Å²) in [6, 6.07) is 2.94. The minimum Gasteiger partial charge on any atom is -0.339 e. The Balaban J connectivity index is 2.39. The molecule has 0 unspecified atom stereocenters. The van der Waals surface area contributed by atoms with E-state index in [1.165, 1.54) is 0 Å². The molecule has 1 fully saturated rings. The SMILES string of the molecule is NS(=O)(=O)c1cc(F)cc(C(=O)N2CCCC2)c1. The van der Waals surface area contributed by atoms with Crippen LogP contribution in [-0.2, 0) is 10.0 Å². The number of halogens is 1. The summed E-state index contributed by atoms with van der Waals surface area (Å²) in [7, 11) is -4.02. The highest BCUT2D eigenvalue weighted by molar-refractivity contribution is 7.89. The molecule has 1 aliphatic heterocycles. The number of hydrogen-bond donors (Lipinski definition) is 1. The largest absolute Gasteiger partial charge is 0.339 e. The van der Waals surface area contributed by atoms with Crippen molar-refractivity contribution in [3.8, 4) is 0 Å². The molecule has 18 heavy (non-hydrogen) atoms. The van der Waals surface area contributed by atoms with E-state index in [2.05, 4.69) is 0 Å². The van der Waals surface area contributed by atoms with E-state index in [1.807, 2.05) is 0 Å². The van der Waals surface area contributed by atoms with Crippen LogP contribution in [0.2, 0.25) is 0 Å². The van der Waals surface area contributed by atoms with Crippen molar-refractivity contribution in [2.24, 2.45) is 5.14 Å². The number of amides is 1. The lowest BCUT2D eigenvalue weighted by Gasteiger charge is -2.15. The van der Waals surface area contributed by atoms with Crippen LogP contribution in [0, 0.1) is 5.82 Å². The number of hydrogen-bond acceptors (Lipinski definition) is 3. The first-order chi connectivity index (χ1) is 8.38. The lowest BCUT2D eigenvalue weighted by Crippen LogP contribution is -2.28. The van der Waals surface area contributed by atoms with Gasteiger partial charge in [0.15, 0.2) is 0 Å². The molecule has 0 radical (unpaired) electrons. The molecular formula is C11H13FN2O3S. The molecule has 2 rings (SSSR count). The molecule has 1 saturated heterocycles. The molecule has 0 aromatic heterocycles. The van der Waals surface area contributed by atoms with Crippen LogP contribution < -0.4 is 5.14 Å². The molecule has 1 aromatic carbocycles. The normalized spacial score (nSPS) is 16.0. The maximum absolute atomic E-state index is 13.3. The van der Waals surface area contributed by atoms with E-state index in [0.29, 0.717) is 13.1 Å². The molecule has 0 aliphatic carbocycles. The van der Waals surface area contributed by atoms with Crippen molar-refractivity contribution in [3.05, 3.63) is 29.6 Å². The zero-order chi connectivity index (χ0) is 13.3. The van der Waals surface area contributed by atoms with E-state index in [0.717, 1.165) is 31.0 Å². The average Bonchev–Trinajstić information content (AvgIpc) is 2.79. The fourth-order valence-electron chi connectivity index (χ4n) is 1.95. The molecule has 0 saturated carbocycles. The Labute approximate surface area is 104 Å². The van der Waals surface area contributed by atoms with Crippen LogP contribution >= 0.6 is 0 Å². The standard InChI is InChI=1S/C11H13FN2O3S/c12-9-5-8(6-10(7-9)18(13,16)17)11(15)14-3-1-2-4-14/h5-7H,1-4H2,(H2,13,16,17). The number of rotatable bonds is 2. The zero-order valence-electron chi connectivity index (χ0n) is 9.60. The summed E-state index contributed by atoms with van der Waals surface area (Å²) in [6.07, 6.45) is 1.81. The van der Waals surface area contributed by atoms with Crippen molar-refractivity contribution < 1.29 is 17.6 Å². The van der Waals surface area contributed by atoms with Crippen LogP contribution in [0.1, 0.15) is 23.2 Å². The Kier molecular flexibility index (Phi) is 3.36. The number of likely N-dealkylation sites (tertiary alicyclic amines) is 1. The summed E-state index contributed by atoms with van der Waals surface area (Å²) in [6.45, 7) is 1.22. The van der Waals surface area contributed by atoms with Gasteiger partial charge in [-0.05, 0) is 31.0 Å². The van der Waals surface area contributed by atoms with Crippen molar-refractivity contribution in [2.45, 2.75) is 17.7 Å². The molecule has 0 atom stereocenters. The van der Waals surface area contributed by atoms with Gasteiger partial charge in [-0.25, -0.2) is 17.9 Å². The van der Waals surface area contributed by atoms with Crippen LogP contribution in [-0.4, -0.2) is 32.3 Å². The van der Waals surface area contributed by atoms with Crippen LogP contribution in [0.3, 0.4) is 0 Å². The van der Waals surface area contributed by atoms with Gasteiger partial charge in [0.05, 0.1) is 4.90 Å². The Bertz CT molecular complexity index is 580. The van der Waals surface area contributed by atoms with Gasteiger partial charge in [-0.1, -0.05) is 0 Å². The first-order valence-corrected chi connectivity index (χ1v) is 7.05. The minimum atomic E-state index is -4.02. The number of benzene rings is 1. The van der Waals surface area contributed by atoms with Crippen LogP contribution in [0.4, 0.5) is 4.39 Å². The van der Waals surface area contributed by atoms with Crippen LogP contribution in [0.25, 0.3) is 0 Å². The van der Waals surface area contributed by atoms with E-state index < -0.39 is 15.8 Å². The summed E-state index contributed by atoms with van der Waals surface area (Å²) in [5, 5.41) is 4.93. The second kappa shape index (κ2) is 4.66. The molecule has 5 nitrogen and oxygen atoms in total. The summed E-state index contributed by atoms with van der Waals surface area (Å²) in [5.74, 6) is -1.15. The third-order valence-corrected chi connectivity index (χ3v) is 3.73. The summed E-state index contributed by atoms with van der Waals surface area (Å²) >= 11 is 0. The fourth-order valence-corrected chi connectivity index (χ4v) is 2.52. The van der Waals surface area contributed by atoms with Gasteiger partial charge in [-0.15, -0.1) is 0 Å². The Morgan fingerprint density at radius 2 is 1.83 bits per heavy atom. The summed E-state index contributed by atoms with van der Waals surface area (Å²) in [4.78, 5) is 13.2. The highest BCUT2D eigenvalue weighted by Crippen LogP contribution is 2.17. The number of nitrogens with zero attached hydrogens (tertiary/aromatic N) is 1. The lowest BCUT2D eigenvalue weighted by atomic mass is 10.2. The number of nitrogens with two attached hydrogens (primary N) is 1. The third kappa shape index (κ3) is 2.68. The maximum Gasteiger partial charge on any atom is 0.253 e. The van der Waals surface area contributed by atoms with Crippen molar-refractivity contribution in [2.75, 3.05) is 13.1 Å². The number of carbonyl (C=O) groups excluding carboxylic acids is 1. The molecule has 1 heterocycles. The van der Waals surface area contributed by atoms with Crippen molar-refractivity contribution in [1.82, 2.24) is 4.90 Å². The molecule has 1 amide bonds. The quantitative estimate of drug-likeness (QED) is 0.861. The minimum absolute atomic E-state index is 0.0147. The van der Waals surface area contributed by atoms with Gasteiger partial charge in [0, 0.05) is 18.7 Å². The van der Waals surface area contributed by atoms with E-state index in [-0.39, 0.29) is 16.4 Å². The summed E-state index contributed by atoms with van der Waals surface area (Å²) < 4.78 is 35.6. The van der Waals surface area contributed by atoms with Gasteiger partial charge in [-0.3, -0.25) is 4.79 Å². The molecule has 1 aromatic rings. The van der Waals surface area contributed by atoms with Gasteiger partial charge in [0.25, 0.3) is 5.91 Å². The van der Waals surface area contributed by atoms with Gasteiger partial charge >= 0.3 is 0 Å². The average molecular weight is 272 g/mol. The Morgan fingerprint density at radius 1 is 1.22 bits per heavy atom. The molecule has 1 aliphatic rings. The molecule has 0 bridgehead atoms. The first kappa shape index (κ1) is 13.0. The predicted molar refractivity (Wildman–Crippen MR) is 62.9 cm³/mol. The van der Waals surface area contributed by atoms with Crippen LogP contribution in [0.15, 0.2) is 23.1 Å². The van der Waals surface area contributed by atoms with Crippen molar-refractivity contribution >= 4 is 15.9 Å². The van der Waals surface area contributed by atoms with E-state index >= 15 is 0 Å². The maximum atomic E-state index is 13.3. The second-order valence-electron chi connectivity index (χ2n) is 4.22. The lowest BCUT2D eigenvalue weighted by molar-refractivity contribution is 0.0792. The Morgan fingerprint density at radius 3 is 2.39 bits per heavy atom. The van der Waals surface area contributed by atoms with Crippen molar-refractivity contribution in [1.29, 1.82) is 0 Å². The van der Waals surface area contributed by atoms with E-state index in [1.54, 1.807) is 4.90 Å². The van der Waals surface area contributed by atoms with Crippen molar-refractivity contribution in [3.63, 3.8) is 0 Å². The van der Waals surface area contributed by atoms with Gasteiger partial charge < -0.3 is 4.90 Å². The molecular weight excluding hydrogens is 259 g/mol. The fraction of sp³-hybridized carbons (Fsp3) is 0.364. The number of carbonyl (C=O) groups is 1. The van der Waals surface area contributed by atoms with Gasteiger partial charge in [-0.2, -0.15) is 0 Å². The first-order valence-electron chi connectivity index (χ1n) is 5.50. The number of sulfonamides is 1. The predicted octanol–water partition coefficient (Wildman–Crippen LogP) is 0.709. The monoisotopic (exact) mass is 272 g/mol. The highest BCUT2D eigenvalue weighted by Gasteiger charge is 2.21. The molecule has 7 heteroatoms. The third-order valence-electron chi connectivity index (χ3n) is 2.84.